The highest BCUT2D eigenvalue weighted by Gasteiger charge is 2.12. The van der Waals surface area contributed by atoms with Gasteiger partial charge in [-0.25, -0.2) is 4.39 Å². The number of hydrogen-bond acceptors (Lipinski definition) is 3. The van der Waals surface area contributed by atoms with Gasteiger partial charge in [-0.05, 0) is 24.3 Å². The summed E-state index contributed by atoms with van der Waals surface area (Å²) in [7, 11) is 1.47. The molecule has 104 valence electrons. The fourth-order valence-electron chi connectivity index (χ4n) is 1.74. The van der Waals surface area contributed by atoms with Crippen LogP contribution in [0.25, 0.3) is 0 Å². The molecule has 0 aliphatic rings. The molecule has 0 fully saturated rings. The van der Waals surface area contributed by atoms with E-state index in [1.54, 1.807) is 24.3 Å². The maximum absolute atomic E-state index is 13.4. The Balaban J connectivity index is 2.11. The maximum atomic E-state index is 13.4. The van der Waals surface area contributed by atoms with Gasteiger partial charge in [0.25, 0.3) is 5.91 Å². The van der Waals surface area contributed by atoms with E-state index in [9.17, 15) is 14.3 Å². The van der Waals surface area contributed by atoms with Crippen LogP contribution < -0.4 is 10.1 Å². The lowest BCUT2D eigenvalue weighted by atomic mass is 10.1. The van der Waals surface area contributed by atoms with E-state index >= 15 is 0 Å². The minimum Gasteiger partial charge on any atom is -0.507 e. The maximum Gasteiger partial charge on any atom is 0.255 e. The van der Waals surface area contributed by atoms with Gasteiger partial charge >= 0.3 is 0 Å². The summed E-state index contributed by atoms with van der Waals surface area (Å²) >= 11 is 0. The van der Waals surface area contributed by atoms with E-state index in [4.69, 9.17) is 4.74 Å². The molecule has 5 heteroatoms. The predicted molar refractivity (Wildman–Crippen MR) is 72.2 cm³/mol. The summed E-state index contributed by atoms with van der Waals surface area (Å²) in [5.41, 5.74) is 0.462. The minimum absolute atomic E-state index is 0.0438. The van der Waals surface area contributed by atoms with Crippen molar-refractivity contribution in [3.63, 3.8) is 0 Å². The molecule has 2 aromatic rings. The Morgan fingerprint density at radius 2 is 2.05 bits per heavy atom. The topological polar surface area (TPSA) is 58.6 Å². The first kappa shape index (κ1) is 13.9. The Labute approximate surface area is 115 Å². The molecule has 0 bridgehead atoms. The molecule has 4 nitrogen and oxygen atoms in total. The summed E-state index contributed by atoms with van der Waals surface area (Å²) in [6.45, 7) is 0.0438. The SMILES string of the molecule is COc1ccc(O)c(C(=O)NCc2ccccc2F)c1. The van der Waals surface area contributed by atoms with Crippen molar-refractivity contribution in [1.29, 1.82) is 0 Å². The van der Waals surface area contributed by atoms with Gasteiger partial charge in [-0.3, -0.25) is 4.79 Å². The molecular formula is C15H14FNO3. The van der Waals surface area contributed by atoms with Crippen molar-refractivity contribution in [2.75, 3.05) is 7.11 Å². The minimum atomic E-state index is -0.496. The van der Waals surface area contributed by atoms with Gasteiger partial charge in [-0.2, -0.15) is 0 Å². The van der Waals surface area contributed by atoms with Crippen molar-refractivity contribution >= 4 is 5.91 Å². The molecule has 0 spiro atoms. The molecule has 0 unspecified atom stereocenters. The van der Waals surface area contributed by atoms with Gasteiger partial charge in [-0.15, -0.1) is 0 Å². The fraction of sp³-hybridized carbons (Fsp3) is 0.133. The zero-order chi connectivity index (χ0) is 14.5. The van der Waals surface area contributed by atoms with Crippen LogP contribution >= 0.6 is 0 Å². The predicted octanol–water partition coefficient (Wildman–Crippen LogP) is 2.47. The van der Waals surface area contributed by atoms with Crippen molar-refractivity contribution in [2.24, 2.45) is 0 Å². The van der Waals surface area contributed by atoms with E-state index in [1.807, 2.05) is 0 Å². The first-order valence-corrected chi connectivity index (χ1v) is 6.00. The van der Waals surface area contributed by atoms with Crippen LogP contribution in [-0.2, 0) is 6.54 Å². The summed E-state index contributed by atoms with van der Waals surface area (Å²) in [5, 5.41) is 12.2. The molecular weight excluding hydrogens is 261 g/mol. The molecule has 2 rings (SSSR count). The summed E-state index contributed by atoms with van der Waals surface area (Å²) in [6, 6.07) is 10.5. The number of halogens is 1. The zero-order valence-corrected chi connectivity index (χ0v) is 10.9. The van der Waals surface area contributed by atoms with E-state index in [2.05, 4.69) is 5.32 Å². The van der Waals surface area contributed by atoms with Crippen molar-refractivity contribution in [1.82, 2.24) is 5.32 Å². The van der Waals surface area contributed by atoms with Gasteiger partial charge in [0.2, 0.25) is 0 Å². The largest absolute Gasteiger partial charge is 0.507 e. The third-order valence-corrected chi connectivity index (χ3v) is 2.85. The van der Waals surface area contributed by atoms with Crippen LogP contribution in [0.4, 0.5) is 4.39 Å². The summed E-state index contributed by atoms with van der Waals surface area (Å²) < 4.78 is 18.4. The zero-order valence-electron chi connectivity index (χ0n) is 10.9. The second kappa shape index (κ2) is 6.06. The van der Waals surface area contributed by atoms with E-state index in [0.717, 1.165) is 0 Å². The van der Waals surface area contributed by atoms with Gasteiger partial charge in [0.05, 0.1) is 12.7 Å². The normalized spacial score (nSPS) is 10.1. The Hall–Kier alpha value is -2.56. The van der Waals surface area contributed by atoms with Gasteiger partial charge < -0.3 is 15.2 Å². The van der Waals surface area contributed by atoms with E-state index in [0.29, 0.717) is 11.3 Å². The molecule has 20 heavy (non-hydrogen) atoms. The van der Waals surface area contributed by atoms with Gasteiger partial charge in [0.1, 0.15) is 17.3 Å². The summed E-state index contributed by atoms with van der Waals surface area (Å²) in [5.74, 6) is -0.581. The quantitative estimate of drug-likeness (QED) is 0.901. The summed E-state index contributed by atoms with van der Waals surface area (Å²) in [6.07, 6.45) is 0. The Bertz CT molecular complexity index is 628. The van der Waals surface area contributed by atoms with Crippen molar-refractivity contribution < 1.29 is 19.0 Å². The number of benzene rings is 2. The number of nitrogens with one attached hydrogen (secondary N) is 1. The first-order valence-electron chi connectivity index (χ1n) is 6.00. The third-order valence-electron chi connectivity index (χ3n) is 2.85. The average Bonchev–Trinajstić information content (AvgIpc) is 2.46. The lowest BCUT2D eigenvalue weighted by Crippen LogP contribution is -2.23. The number of ether oxygens (including phenoxy) is 1. The summed E-state index contributed by atoms with van der Waals surface area (Å²) in [4.78, 5) is 12.0. The number of amides is 1. The number of aromatic hydroxyl groups is 1. The fourth-order valence-corrected chi connectivity index (χ4v) is 1.74. The van der Waals surface area contributed by atoms with Crippen molar-refractivity contribution in [3.05, 3.63) is 59.4 Å². The highest BCUT2D eigenvalue weighted by Crippen LogP contribution is 2.22. The van der Waals surface area contributed by atoms with Crippen molar-refractivity contribution in [3.8, 4) is 11.5 Å². The molecule has 0 aromatic heterocycles. The molecule has 2 N–H and O–H groups in total. The van der Waals surface area contributed by atoms with E-state index < -0.39 is 5.91 Å². The number of carbonyl (C=O) groups excluding carboxylic acids is 1. The van der Waals surface area contributed by atoms with Gasteiger partial charge in [-0.1, -0.05) is 18.2 Å². The second-order valence-electron chi connectivity index (χ2n) is 4.16. The number of hydrogen-bond donors (Lipinski definition) is 2. The van der Waals surface area contributed by atoms with Gasteiger partial charge in [0.15, 0.2) is 0 Å². The number of rotatable bonds is 4. The van der Waals surface area contributed by atoms with Gasteiger partial charge in [0, 0.05) is 12.1 Å². The molecule has 0 saturated heterocycles. The Morgan fingerprint density at radius 1 is 1.30 bits per heavy atom. The highest BCUT2D eigenvalue weighted by atomic mass is 19.1. The highest BCUT2D eigenvalue weighted by molar-refractivity contribution is 5.97. The molecule has 0 saturated carbocycles. The molecule has 1 amide bonds. The van der Waals surface area contributed by atoms with Crippen LogP contribution in [-0.4, -0.2) is 18.1 Å². The smallest absolute Gasteiger partial charge is 0.255 e. The monoisotopic (exact) mass is 275 g/mol. The Kier molecular flexibility index (Phi) is 4.20. The molecule has 2 aromatic carbocycles. The number of phenols is 1. The van der Waals surface area contributed by atoms with Crippen LogP contribution in [0.1, 0.15) is 15.9 Å². The van der Waals surface area contributed by atoms with Crippen LogP contribution in [0.2, 0.25) is 0 Å². The average molecular weight is 275 g/mol. The lowest BCUT2D eigenvalue weighted by molar-refractivity contribution is 0.0947. The molecule has 0 aliphatic carbocycles. The number of carbonyl (C=O) groups is 1. The van der Waals surface area contributed by atoms with Crippen LogP contribution in [0.3, 0.4) is 0 Å². The molecule has 0 heterocycles. The number of methoxy groups -OCH3 is 1. The molecule has 0 aliphatic heterocycles. The first-order chi connectivity index (χ1) is 9.61. The van der Waals surface area contributed by atoms with Crippen LogP contribution in [0.15, 0.2) is 42.5 Å². The lowest BCUT2D eigenvalue weighted by Gasteiger charge is -2.09. The van der Waals surface area contributed by atoms with Crippen molar-refractivity contribution in [2.45, 2.75) is 6.54 Å². The number of phenolic OH excluding ortho intramolecular Hbond substituents is 1. The Morgan fingerprint density at radius 3 is 2.75 bits per heavy atom. The van der Waals surface area contributed by atoms with Crippen LogP contribution in [0.5, 0.6) is 11.5 Å². The third kappa shape index (κ3) is 3.06. The molecule has 0 radical (unpaired) electrons. The van der Waals surface area contributed by atoms with E-state index in [1.165, 1.54) is 25.3 Å². The standard InChI is InChI=1S/C15H14FNO3/c1-20-11-6-7-14(18)12(8-11)15(19)17-9-10-4-2-3-5-13(10)16/h2-8,18H,9H2,1H3,(H,17,19). The second-order valence-corrected chi connectivity index (χ2v) is 4.16. The molecule has 0 atom stereocenters. The van der Waals surface area contributed by atoms with E-state index in [-0.39, 0.29) is 23.7 Å². The van der Waals surface area contributed by atoms with Crippen LogP contribution in [0, 0.1) is 5.82 Å².